The van der Waals surface area contributed by atoms with Crippen LogP contribution < -0.4 is 4.74 Å². The molecule has 0 radical (unpaired) electrons. The van der Waals surface area contributed by atoms with Gasteiger partial charge in [-0.15, -0.1) is 10.2 Å². The van der Waals surface area contributed by atoms with Gasteiger partial charge in [-0.1, -0.05) is 54.2 Å². The van der Waals surface area contributed by atoms with Gasteiger partial charge in [-0.3, -0.25) is 14.7 Å². The Kier molecular flexibility index (Phi) is 5.76. The SMILES string of the molecule is COc1ccc(-n2c(SCc3cccc([N+](=O)[O-])c3)nnc2-c2ccccc2)cc1. The van der Waals surface area contributed by atoms with E-state index in [0.29, 0.717) is 10.9 Å². The molecule has 0 amide bonds. The van der Waals surface area contributed by atoms with Gasteiger partial charge in [0.05, 0.1) is 12.0 Å². The Bertz CT molecular complexity index is 1160. The number of nitro benzene ring substituents is 1. The summed E-state index contributed by atoms with van der Waals surface area (Å²) in [6, 6.07) is 24.1. The highest BCUT2D eigenvalue weighted by molar-refractivity contribution is 7.98. The maximum Gasteiger partial charge on any atom is 0.269 e. The fraction of sp³-hybridized carbons (Fsp3) is 0.0909. The Morgan fingerprint density at radius 2 is 1.77 bits per heavy atom. The number of benzene rings is 3. The summed E-state index contributed by atoms with van der Waals surface area (Å²) in [5, 5.41) is 20.6. The van der Waals surface area contributed by atoms with E-state index in [4.69, 9.17) is 4.74 Å². The summed E-state index contributed by atoms with van der Waals surface area (Å²) in [4.78, 5) is 10.7. The number of methoxy groups -OCH3 is 1. The molecule has 0 aliphatic rings. The van der Waals surface area contributed by atoms with Gasteiger partial charge in [-0.25, -0.2) is 0 Å². The van der Waals surface area contributed by atoms with E-state index in [1.54, 1.807) is 19.2 Å². The van der Waals surface area contributed by atoms with Crippen molar-refractivity contribution in [2.24, 2.45) is 0 Å². The van der Waals surface area contributed by atoms with Crippen molar-refractivity contribution < 1.29 is 9.66 Å². The zero-order chi connectivity index (χ0) is 20.9. The van der Waals surface area contributed by atoms with Crippen LogP contribution in [-0.4, -0.2) is 26.8 Å². The van der Waals surface area contributed by atoms with E-state index < -0.39 is 0 Å². The average Bonchev–Trinajstić information content (AvgIpc) is 3.22. The quantitative estimate of drug-likeness (QED) is 0.235. The van der Waals surface area contributed by atoms with E-state index in [1.807, 2.05) is 65.2 Å². The first-order valence-electron chi connectivity index (χ1n) is 9.17. The highest BCUT2D eigenvalue weighted by Crippen LogP contribution is 2.31. The summed E-state index contributed by atoms with van der Waals surface area (Å²) in [5.41, 5.74) is 2.78. The van der Waals surface area contributed by atoms with E-state index in [2.05, 4.69) is 10.2 Å². The molecule has 0 fully saturated rings. The standard InChI is InChI=1S/C22H18N4O3S/c1-29-20-12-10-18(11-13-20)25-21(17-7-3-2-4-8-17)23-24-22(25)30-15-16-6-5-9-19(14-16)26(27)28/h2-14H,15H2,1H3. The van der Waals surface area contributed by atoms with Crippen molar-refractivity contribution in [2.75, 3.05) is 7.11 Å². The van der Waals surface area contributed by atoms with E-state index in [1.165, 1.54) is 17.8 Å². The minimum Gasteiger partial charge on any atom is -0.497 e. The summed E-state index contributed by atoms with van der Waals surface area (Å²) >= 11 is 1.48. The summed E-state index contributed by atoms with van der Waals surface area (Å²) in [7, 11) is 1.63. The molecular formula is C22H18N4O3S. The third-order valence-electron chi connectivity index (χ3n) is 4.49. The van der Waals surface area contributed by atoms with Gasteiger partial charge < -0.3 is 4.74 Å². The van der Waals surface area contributed by atoms with Gasteiger partial charge in [-0.2, -0.15) is 0 Å². The largest absolute Gasteiger partial charge is 0.497 e. The number of hydrogen-bond donors (Lipinski definition) is 0. The van der Waals surface area contributed by atoms with E-state index in [0.717, 1.165) is 28.4 Å². The highest BCUT2D eigenvalue weighted by atomic mass is 32.2. The molecule has 0 atom stereocenters. The van der Waals surface area contributed by atoms with E-state index in [-0.39, 0.29) is 10.6 Å². The second-order valence-electron chi connectivity index (χ2n) is 6.42. The Morgan fingerprint density at radius 1 is 1.00 bits per heavy atom. The number of thioether (sulfide) groups is 1. The molecule has 3 aromatic carbocycles. The number of hydrogen-bond acceptors (Lipinski definition) is 6. The summed E-state index contributed by atoms with van der Waals surface area (Å²) in [6.07, 6.45) is 0. The summed E-state index contributed by atoms with van der Waals surface area (Å²) in [6.45, 7) is 0. The Hall–Kier alpha value is -3.65. The average molecular weight is 418 g/mol. The lowest BCUT2D eigenvalue weighted by Crippen LogP contribution is -2.00. The molecule has 0 N–H and O–H groups in total. The number of aromatic nitrogens is 3. The van der Waals surface area contributed by atoms with Crippen LogP contribution in [0.1, 0.15) is 5.56 Å². The number of ether oxygens (including phenoxy) is 1. The molecule has 0 saturated carbocycles. The monoisotopic (exact) mass is 418 g/mol. The van der Waals surface area contributed by atoms with Crippen molar-refractivity contribution >= 4 is 17.4 Å². The van der Waals surface area contributed by atoms with E-state index >= 15 is 0 Å². The van der Waals surface area contributed by atoms with Gasteiger partial charge in [0.2, 0.25) is 0 Å². The first kappa shape index (κ1) is 19.7. The molecule has 7 nitrogen and oxygen atoms in total. The smallest absolute Gasteiger partial charge is 0.269 e. The normalized spacial score (nSPS) is 10.7. The van der Waals surface area contributed by atoms with Gasteiger partial charge in [-0.05, 0) is 29.8 Å². The number of nitrogens with zero attached hydrogens (tertiary/aromatic N) is 4. The molecule has 8 heteroatoms. The topological polar surface area (TPSA) is 83.1 Å². The van der Waals surface area contributed by atoms with Crippen LogP contribution in [0, 0.1) is 10.1 Å². The van der Waals surface area contributed by atoms with Gasteiger partial charge in [0.25, 0.3) is 5.69 Å². The lowest BCUT2D eigenvalue weighted by molar-refractivity contribution is -0.384. The Balaban J connectivity index is 1.70. The first-order valence-corrected chi connectivity index (χ1v) is 10.2. The lowest BCUT2D eigenvalue weighted by atomic mass is 10.2. The predicted octanol–water partition coefficient (Wildman–Crippen LogP) is 5.14. The third kappa shape index (κ3) is 4.18. The summed E-state index contributed by atoms with van der Waals surface area (Å²) < 4.78 is 7.25. The van der Waals surface area contributed by atoms with Gasteiger partial charge in [0, 0.05) is 29.1 Å². The fourth-order valence-electron chi connectivity index (χ4n) is 3.01. The number of non-ortho nitro benzene ring substituents is 1. The molecule has 0 unspecified atom stereocenters. The van der Waals surface area contributed by atoms with Crippen molar-refractivity contribution in [3.8, 4) is 22.8 Å². The number of nitro groups is 1. The molecule has 0 aliphatic heterocycles. The fourth-order valence-corrected chi connectivity index (χ4v) is 3.90. The minimum absolute atomic E-state index is 0.0784. The Morgan fingerprint density at radius 3 is 2.47 bits per heavy atom. The van der Waals surface area contributed by atoms with Gasteiger partial charge >= 0.3 is 0 Å². The van der Waals surface area contributed by atoms with Crippen molar-refractivity contribution in [3.05, 3.63) is 94.5 Å². The third-order valence-corrected chi connectivity index (χ3v) is 5.49. The summed E-state index contributed by atoms with van der Waals surface area (Å²) in [5.74, 6) is 2.02. The molecular weight excluding hydrogens is 400 g/mol. The molecule has 0 saturated heterocycles. The predicted molar refractivity (Wildman–Crippen MR) is 116 cm³/mol. The van der Waals surface area contributed by atoms with E-state index in [9.17, 15) is 10.1 Å². The zero-order valence-corrected chi connectivity index (χ0v) is 17.0. The van der Waals surface area contributed by atoms with Crippen LogP contribution in [0.5, 0.6) is 5.75 Å². The first-order chi connectivity index (χ1) is 14.7. The van der Waals surface area contributed by atoms with Crippen LogP contribution in [0.2, 0.25) is 0 Å². The van der Waals surface area contributed by atoms with Crippen molar-refractivity contribution in [1.29, 1.82) is 0 Å². The van der Waals surface area contributed by atoms with Gasteiger partial charge in [0.15, 0.2) is 11.0 Å². The zero-order valence-electron chi connectivity index (χ0n) is 16.1. The Labute approximate surface area is 177 Å². The van der Waals surface area contributed by atoms with Crippen molar-refractivity contribution in [3.63, 3.8) is 0 Å². The van der Waals surface area contributed by atoms with Crippen LogP contribution >= 0.6 is 11.8 Å². The van der Waals surface area contributed by atoms with Crippen molar-refractivity contribution in [2.45, 2.75) is 10.9 Å². The molecule has 150 valence electrons. The lowest BCUT2D eigenvalue weighted by Gasteiger charge is -2.11. The molecule has 1 heterocycles. The minimum atomic E-state index is -0.387. The maximum atomic E-state index is 11.0. The highest BCUT2D eigenvalue weighted by Gasteiger charge is 2.17. The molecule has 0 bridgehead atoms. The molecule has 4 aromatic rings. The maximum absolute atomic E-state index is 11.0. The molecule has 1 aromatic heterocycles. The number of rotatable bonds is 7. The van der Waals surface area contributed by atoms with Crippen LogP contribution in [0.4, 0.5) is 5.69 Å². The van der Waals surface area contributed by atoms with Crippen LogP contribution in [0.25, 0.3) is 17.1 Å². The molecule has 30 heavy (non-hydrogen) atoms. The molecule has 0 aliphatic carbocycles. The van der Waals surface area contributed by atoms with Crippen LogP contribution in [0.15, 0.2) is 84.0 Å². The second-order valence-corrected chi connectivity index (χ2v) is 7.36. The van der Waals surface area contributed by atoms with Crippen molar-refractivity contribution in [1.82, 2.24) is 14.8 Å². The van der Waals surface area contributed by atoms with Crippen LogP contribution in [0.3, 0.4) is 0 Å². The second kappa shape index (κ2) is 8.79. The molecule has 0 spiro atoms. The molecule has 4 rings (SSSR count). The van der Waals surface area contributed by atoms with Gasteiger partial charge in [0.1, 0.15) is 5.75 Å². The van der Waals surface area contributed by atoms with Crippen LogP contribution in [-0.2, 0) is 5.75 Å².